The average molecular weight is 217 g/mol. The van der Waals surface area contributed by atoms with Crippen LogP contribution in [0.2, 0.25) is 0 Å². The van der Waals surface area contributed by atoms with Crippen molar-refractivity contribution in [2.45, 2.75) is 13.5 Å². The molecule has 0 aliphatic heterocycles. The van der Waals surface area contributed by atoms with E-state index in [9.17, 15) is 0 Å². The molecular formula is C10H9N4S+. The van der Waals surface area contributed by atoms with Gasteiger partial charge in [0, 0.05) is 6.07 Å². The van der Waals surface area contributed by atoms with Gasteiger partial charge < -0.3 is 0 Å². The molecule has 0 saturated heterocycles. The molecule has 0 atom stereocenters. The number of aryl methyl sites for hydroxylation is 1. The van der Waals surface area contributed by atoms with Gasteiger partial charge in [-0.2, -0.15) is 14.2 Å². The van der Waals surface area contributed by atoms with E-state index in [2.05, 4.69) is 15.4 Å². The standard InChI is InChI=1S/C10H9N4S/c1-8-12-10(15-13-8)9-3-2-5-14(7-9)6-4-11/h2-3,5,7H,6H2,1H3/q+1. The Kier molecular flexibility index (Phi) is 2.70. The van der Waals surface area contributed by atoms with Crippen molar-refractivity contribution in [1.29, 1.82) is 5.26 Å². The summed E-state index contributed by atoms with van der Waals surface area (Å²) < 4.78 is 5.95. The molecule has 0 spiro atoms. The summed E-state index contributed by atoms with van der Waals surface area (Å²) in [7, 11) is 0. The van der Waals surface area contributed by atoms with Crippen molar-refractivity contribution in [1.82, 2.24) is 9.36 Å². The molecule has 15 heavy (non-hydrogen) atoms. The molecule has 0 bridgehead atoms. The summed E-state index contributed by atoms with van der Waals surface area (Å²) in [5.74, 6) is 0.783. The first-order chi connectivity index (χ1) is 7.29. The van der Waals surface area contributed by atoms with Crippen LogP contribution < -0.4 is 4.57 Å². The third-order valence-electron chi connectivity index (χ3n) is 1.89. The fraction of sp³-hybridized carbons (Fsp3) is 0.200. The summed E-state index contributed by atoms with van der Waals surface area (Å²) >= 11 is 1.37. The topological polar surface area (TPSA) is 53.5 Å². The van der Waals surface area contributed by atoms with Gasteiger partial charge in [-0.25, -0.2) is 4.98 Å². The molecule has 0 aromatic carbocycles. The minimum absolute atomic E-state index is 0.353. The minimum atomic E-state index is 0.353. The fourth-order valence-electron chi connectivity index (χ4n) is 1.24. The Bertz CT molecular complexity index is 512. The van der Waals surface area contributed by atoms with Crippen LogP contribution in [0.3, 0.4) is 0 Å². The second-order valence-electron chi connectivity index (χ2n) is 3.07. The normalized spacial score (nSPS) is 9.87. The van der Waals surface area contributed by atoms with E-state index in [0.29, 0.717) is 6.54 Å². The molecular weight excluding hydrogens is 208 g/mol. The molecule has 0 radical (unpaired) electrons. The lowest BCUT2D eigenvalue weighted by atomic mass is 10.3. The number of nitrogens with zero attached hydrogens (tertiary/aromatic N) is 4. The highest BCUT2D eigenvalue weighted by atomic mass is 32.1. The molecule has 2 aromatic heterocycles. The van der Waals surface area contributed by atoms with Gasteiger partial charge in [0.25, 0.3) is 0 Å². The van der Waals surface area contributed by atoms with E-state index >= 15 is 0 Å². The predicted molar refractivity (Wildman–Crippen MR) is 55.9 cm³/mol. The predicted octanol–water partition coefficient (Wildman–Crippen LogP) is 1.32. The molecule has 2 heterocycles. The van der Waals surface area contributed by atoms with Gasteiger partial charge in [0.15, 0.2) is 12.4 Å². The Balaban J connectivity index is 2.37. The Morgan fingerprint density at radius 1 is 1.60 bits per heavy atom. The van der Waals surface area contributed by atoms with Crippen molar-refractivity contribution in [2.75, 3.05) is 0 Å². The molecule has 0 saturated carbocycles. The third kappa shape index (κ3) is 2.17. The summed E-state index contributed by atoms with van der Waals surface area (Å²) in [4.78, 5) is 4.29. The molecule has 0 aliphatic carbocycles. The quantitative estimate of drug-likeness (QED) is 0.713. The molecule has 0 fully saturated rings. The first kappa shape index (κ1) is 9.74. The number of aromatic nitrogens is 3. The zero-order chi connectivity index (χ0) is 10.7. The van der Waals surface area contributed by atoms with Crippen LogP contribution in [0.25, 0.3) is 10.6 Å². The van der Waals surface area contributed by atoms with Crippen LogP contribution in [-0.4, -0.2) is 9.36 Å². The SMILES string of the molecule is Cc1nsc(-c2ccc[n+](CC#N)c2)n1. The van der Waals surface area contributed by atoms with E-state index < -0.39 is 0 Å². The highest BCUT2D eigenvalue weighted by molar-refractivity contribution is 7.09. The van der Waals surface area contributed by atoms with Gasteiger partial charge in [-0.1, -0.05) is 0 Å². The fourth-order valence-corrected chi connectivity index (χ4v) is 1.90. The molecule has 4 nitrogen and oxygen atoms in total. The summed E-state index contributed by atoms with van der Waals surface area (Å²) in [5.41, 5.74) is 0.998. The highest BCUT2D eigenvalue weighted by Gasteiger charge is 2.08. The second-order valence-corrected chi connectivity index (χ2v) is 3.82. The summed E-state index contributed by atoms with van der Waals surface area (Å²) in [6.45, 7) is 2.22. The van der Waals surface area contributed by atoms with E-state index in [1.54, 1.807) is 0 Å². The molecule has 0 unspecified atom stereocenters. The van der Waals surface area contributed by atoms with E-state index in [1.807, 2.05) is 36.0 Å². The molecule has 2 rings (SSSR count). The van der Waals surface area contributed by atoms with Gasteiger partial charge in [0.2, 0.25) is 6.54 Å². The maximum absolute atomic E-state index is 8.59. The van der Waals surface area contributed by atoms with Crippen LogP contribution in [-0.2, 0) is 6.54 Å². The lowest BCUT2D eigenvalue weighted by molar-refractivity contribution is -0.684. The van der Waals surface area contributed by atoms with Crippen molar-refractivity contribution in [3.8, 4) is 16.6 Å². The van der Waals surface area contributed by atoms with Gasteiger partial charge in [0.05, 0.1) is 5.56 Å². The molecule has 0 aliphatic rings. The summed E-state index contributed by atoms with van der Waals surface area (Å²) in [6, 6.07) is 5.97. The number of nitriles is 1. The molecule has 74 valence electrons. The summed E-state index contributed by atoms with van der Waals surface area (Å²) in [5, 5.41) is 9.48. The number of hydrogen-bond acceptors (Lipinski definition) is 4. The molecule has 2 aromatic rings. The lowest BCUT2D eigenvalue weighted by Crippen LogP contribution is -2.31. The Labute approximate surface area is 91.6 Å². The van der Waals surface area contributed by atoms with E-state index in [1.165, 1.54) is 11.5 Å². The van der Waals surface area contributed by atoms with Crippen molar-refractivity contribution >= 4 is 11.5 Å². The number of hydrogen-bond donors (Lipinski definition) is 0. The van der Waals surface area contributed by atoms with Crippen LogP contribution >= 0.6 is 11.5 Å². The smallest absolute Gasteiger partial charge is 0.219 e. The maximum atomic E-state index is 8.59. The van der Waals surface area contributed by atoms with Gasteiger partial charge in [-0.3, -0.25) is 0 Å². The largest absolute Gasteiger partial charge is 0.233 e. The molecule has 5 heteroatoms. The Hall–Kier alpha value is -1.80. The van der Waals surface area contributed by atoms with Crippen LogP contribution in [0.4, 0.5) is 0 Å². The van der Waals surface area contributed by atoms with Crippen LogP contribution in [0.15, 0.2) is 24.5 Å². The van der Waals surface area contributed by atoms with Crippen molar-refractivity contribution in [3.05, 3.63) is 30.4 Å². The van der Waals surface area contributed by atoms with Crippen LogP contribution in [0.1, 0.15) is 5.82 Å². The third-order valence-corrected chi connectivity index (χ3v) is 2.74. The zero-order valence-electron chi connectivity index (χ0n) is 8.21. The minimum Gasteiger partial charge on any atom is -0.219 e. The van der Waals surface area contributed by atoms with E-state index in [-0.39, 0.29) is 0 Å². The first-order valence-corrected chi connectivity index (χ1v) is 5.23. The maximum Gasteiger partial charge on any atom is 0.233 e. The van der Waals surface area contributed by atoms with Crippen LogP contribution in [0, 0.1) is 18.3 Å². The lowest BCUT2D eigenvalue weighted by Gasteiger charge is -1.93. The average Bonchev–Trinajstić information content (AvgIpc) is 2.66. The monoisotopic (exact) mass is 217 g/mol. The van der Waals surface area contributed by atoms with Crippen molar-refractivity contribution < 1.29 is 4.57 Å². The van der Waals surface area contributed by atoms with E-state index in [4.69, 9.17) is 5.26 Å². The number of pyridine rings is 1. The molecule has 0 amide bonds. The van der Waals surface area contributed by atoms with Crippen LogP contribution in [0.5, 0.6) is 0 Å². The van der Waals surface area contributed by atoms with Crippen molar-refractivity contribution in [2.24, 2.45) is 0 Å². The number of rotatable bonds is 2. The first-order valence-electron chi connectivity index (χ1n) is 4.46. The molecule has 0 N–H and O–H groups in total. The zero-order valence-corrected chi connectivity index (χ0v) is 9.03. The van der Waals surface area contributed by atoms with Gasteiger partial charge in [0.1, 0.15) is 16.9 Å². The highest BCUT2D eigenvalue weighted by Crippen LogP contribution is 2.18. The van der Waals surface area contributed by atoms with E-state index in [0.717, 1.165) is 16.4 Å². The Morgan fingerprint density at radius 3 is 3.13 bits per heavy atom. The second kappa shape index (κ2) is 4.15. The van der Waals surface area contributed by atoms with Gasteiger partial charge in [-0.15, -0.1) is 0 Å². The summed E-state index contributed by atoms with van der Waals surface area (Å²) in [6.07, 6.45) is 3.77. The van der Waals surface area contributed by atoms with Gasteiger partial charge in [-0.05, 0) is 24.5 Å². The van der Waals surface area contributed by atoms with Gasteiger partial charge >= 0.3 is 0 Å². The Morgan fingerprint density at radius 2 is 2.47 bits per heavy atom. The van der Waals surface area contributed by atoms with Crippen molar-refractivity contribution in [3.63, 3.8) is 0 Å².